The molecule has 3 aromatic carbocycles. The molecular weight excluding hydrogens is 370 g/mol. The van der Waals surface area contributed by atoms with Gasteiger partial charge in [-0.05, 0) is 48.9 Å². The van der Waals surface area contributed by atoms with Gasteiger partial charge in [-0.3, -0.25) is 4.79 Å². The van der Waals surface area contributed by atoms with Crippen LogP contribution in [-0.2, 0) is 4.79 Å². The average Bonchev–Trinajstić information content (AvgIpc) is 3.16. The van der Waals surface area contributed by atoms with Crippen LogP contribution in [0, 0.1) is 0 Å². The Morgan fingerprint density at radius 3 is 2.64 bits per heavy atom. The molecule has 1 N–H and O–H groups in total. The van der Waals surface area contributed by atoms with E-state index in [4.69, 9.17) is 4.74 Å². The number of hydrogen-bond donors (Lipinski definition) is 1. The number of hydrogen-bond acceptors (Lipinski definition) is 5. The van der Waals surface area contributed by atoms with Crippen molar-refractivity contribution in [2.75, 3.05) is 0 Å². The summed E-state index contributed by atoms with van der Waals surface area (Å²) < 4.78 is 6.87. The van der Waals surface area contributed by atoms with Crippen LogP contribution in [0.25, 0.3) is 21.0 Å². The fourth-order valence-corrected chi connectivity index (χ4v) is 3.71. The van der Waals surface area contributed by atoms with Crippen LogP contribution in [0.4, 0.5) is 0 Å². The summed E-state index contributed by atoms with van der Waals surface area (Å²) in [6.45, 7) is 3.53. The Morgan fingerprint density at radius 2 is 1.82 bits per heavy atom. The quantitative estimate of drug-likeness (QED) is 0.395. The van der Waals surface area contributed by atoms with E-state index in [1.165, 1.54) is 0 Å². The van der Waals surface area contributed by atoms with E-state index in [0.29, 0.717) is 11.5 Å². The number of amides is 1. The Hall–Kier alpha value is -3.25. The van der Waals surface area contributed by atoms with Crippen molar-refractivity contribution in [1.29, 1.82) is 0 Å². The first-order valence-electron chi connectivity index (χ1n) is 8.96. The topological polar surface area (TPSA) is 63.6 Å². The number of carbonyl (C=O) groups is 1. The number of fused-ring (bicyclic) bond motifs is 2. The molecule has 1 amide bonds. The maximum absolute atomic E-state index is 12.4. The minimum atomic E-state index is -0.673. The van der Waals surface area contributed by atoms with Gasteiger partial charge < -0.3 is 4.74 Å². The third kappa shape index (κ3) is 3.87. The number of para-hydroxylation sites is 1. The van der Waals surface area contributed by atoms with E-state index in [0.717, 1.165) is 26.0 Å². The lowest BCUT2D eigenvalue weighted by molar-refractivity contribution is -0.127. The van der Waals surface area contributed by atoms with Gasteiger partial charge in [0, 0.05) is 0 Å². The van der Waals surface area contributed by atoms with Gasteiger partial charge in [-0.25, -0.2) is 10.4 Å². The van der Waals surface area contributed by atoms with Crippen LogP contribution >= 0.6 is 11.3 Å². The third-order valence-electron chi connectivity index (χ3n) is 4.34. The van der Waals surface area contributed by atoms with Crippen molar-refractivity contribution in [2.24, 2.45) is 5.10 Å². The molecular formula is C22H19N3O2S. The fourth-order valence-electron chi connectivity index (χ4n) is 2.80. The van der Waals surface area contributed by atoms with Gasteiger partial charge in [-0.2, -0.15) is 5.10 Å². The molecule has 5 nitrogen and oxygen atoms in total. The van der Waals surface area contributed by atoms with Gasteiger partial charge in [0.2, 0.25) is 0 Å². The minimum absolute atomic E-state index is 0.311. The molecule has 0 aliphatic carbocycles. The molecule has 0 aliphatic rings. The number of rotatable bonds is 5. The Bertz CT molecular complexity index is 1150. The molecule has 4 rings (SSSR count). The SMILES string of the molecule is C/C(=N/NC(=O)[C@@H](C)Oc1ccc2ccccc2c1)c1nc2ccccc2s1. The molecule has 0 aliphatic heterocycles. The Morgan fingerprint density at radius 1 is 1.07 bits per heavy atom. The van der Waals surface area contributed by atoms with Crippen molar-refractivity contribution < 1.29 is 9.53 Å². The van der Waals surface area contributed by atoms with Crippen LogP contribution in [0.1, 0.15) is 18.9 Å². The first-order valence-corrected chi connectivity index (χ1v) is 9.77. The largest absolute Gasteiger partial charge is 0.481 e. The summed E-state index contributed by atoms with van der Waals surface area (Å²) in [5.41, 5.74) is 4.16. The number of benzene rings is 3. The Balaban J connectivity index is 1.42. The summed E-state index contributed by atoms with van der Waals surface area (Å²) >= 11 is 1.54. The van der Waals surface area contributed by atoms with Crippen LogP contribution in [-0.4, -0.2) is 22.7 Å². The Labute approximate surface area is 166 Å². The highest BCUT2D eigenvalue weighted by molar-refractivity contribution is 7.20. The van der Waals surface area contributed by atoms with Crippen LogP contribution in [0.2, 0.25) is 0 Å². The van der Waals surface area contributed by atoms with Crippen LogP contribution < -0.4 is 10.2 Å². The molecule has 28 heavy (non-hydrogen) atoms. The second-order valence-corrected chi connectivity index (χ2v) is 7.46. The molecule has 0 spiro atoms. The molecule has 0 saturated heterocycles. The van der Waals surface area contributed by atoms with Gasteiger partial charge in [0.1, 0.15) is 10.8 Å². The standard InChI is InChI=1S/C22H19N3O2S/c1-14(22-23-19-9-5-6-10-20(19)28-22)24-25-21(26)15(2)27-18-12-11-16-7-3-4-8-17(16)13-18/h3-13,15H,1-2H3,(H,25,26)/b24-14-/t15-/m1/s1. The van der Waals surface area contributed by atoms with E-state index < -0.39 is 6.10 Å². The van der Waals surface area contributed by atoms with Crippen molar-refractivity contribution >= 4 is 43.9 Å². The fraction of sp³-hybridized carbons (Fsp3) is 0.136. The predicted molar refractivity (Wildman–Crippen MR) is 114 cm³/mol. The molecule has 1 heterocycles. The van der Waals surface area contributed by atoms with Crippen molar-refractivity contribution in [2.45, 2.75) is 20.0 Å². The van der Waals surface area contributed by atoms with E-state index in [9.17, 15) is 4.79 Å². The summed E-state index contributed by atoms with van der Waals surface area (Å²) in [5, 5.41) is 7.16. The average molecular weight is 389 g/mol. The summed E-state index contributed by atoms with van der Waals surface area (Å²) in [5.74, 6) is 0.335. The number of thiazole rings is 1. The lowest BCUT2D eigenvalue weighted by Gasteiger charge is -2.13. The van der Waals surface area contributed by atoms with Crippen molar-refractivity contribution in [3.8, 4) is 5.75 Å². The van der Waals surface area contributed by atoms with Crippen LogP contribution in [0.5, 0.6) is 5.75 Å². The van der Waals surface area contributed by atoms with Gasteiger partial charge in [0.15, 0.2) is 6.10 Å². The number of aromatic nitrogens is 1. The van der Waals surface area contributed by atoms with Crippen molar-refractivity contribution in [3.63, 3.8) is 0 Å². The molecule has 140 valence electrons. The normalized spacial score (nSPS) is 12.9. The van der Waals surface area contributed by atoms with Gasteiger partial charge in [-0.1, -0.05) is 42.5 Å². The predicted octanol–water partition coefficient (Wildman–Crippen LogP) is 4.76. The van der Waals surface area contributed by atoms with Gasteiger partial charge >= 0.3 is 0 Å². The first kappa shape index (κ1) is 18.1. The van der Waals surface area contributed by atoms with Gasteiger partial charge in [0.25, 0.3) is 5.91 Å². The number of nitrogens with zero attached hydrogens (tertiary/aromatic N) is 2. The highest BCUT2D eigenvalue weighted by Gasteiger charge is 2.15. The maximum Gasteiger partial charge on any atom is 0.280 e. The van der Waals surface area contributed by atoms with Crippen LogP contribution in [0.3, 0.4) is 0 Å². The zero-order chi connectivity index (χ0) is 19.5. The van der Waals surface area contributed by atoms with E-state index >= 15 is 0 Å². The molecule has 6 heteroatoms. The molecule has 0 bridgehead atoms. The second kappa shape index (κ2) is 7.78. The second-order valence-electron chi connectivity index (χ2n) is 6.43. The number of hydrazone groups is 1. The lowest BCUT2D eigenvalue weighted by Crippen LogP contribution is -2.33. The molecule has 1 atom stereocenters. The van der Waals surface area contributed by atoms with E-state index in [2.05, 4.69) is 15.5 Å². The first-order chi connectivity index (χ1) is 13.6. The smallest absolute Gasteiger partial charge is 0.280 e. The summed E-state index contributed by atoms with van der Waals surface area (Å²) in [7, 11) is 0. The molecule has 0 unspecified atom stereocenters. The molecule has 0 radical (unpaired) electrons. The summed E-state index contributed by atoms with van der Waals surface area (Å²) in [6.07, 6.45) is -0.673. The highest BCUT2D eigenvalue weighted by atomic mass is 32.1. The molecule has 1 aromatic heterocycles. The maximum atomic E-state index is 12.4. The zero-order valence-corrected chi connectivity index (χ0v) is 16.4. The third-order valence-corrected chi connectivity index (χ3v) is 5.49. The highest BCUT2D eigenvalue weighted by Crippen LogP contribution is 2.22. The van der Waals surface area contributed by atoms with E-state index in [1.807, 2.05) is 73.7 Å². The van der Waals surface area contributed by atoms with Crippen LogP contribution in [0.15, 0.2) is 71.8 Å². The number of nitrogens with one attached hydrogen (secondary N) is 1. The minimum Gasteiger partial charge on any atom is -0.481 e. The van der Waals surface area contributed by atoms with E-state index in [-0.39, 0.29) is 5.91 Å². The van der Waals surface area contributed by atoms with Gasteiger partial charge in [-0.15, -0.1) is 11.3 Å². The molecule has 0 saturated carbocycles. The summed E-state index contributed by atoms with van der Waals surface area (Å²) in [6, 6.07) is 21.7. The summed E-state index contributed by atoms with van der Waals surface area (Å²) in [4.78, 5) is 16.9. The lowest BCUT2D eigenvalue weighted by atomic mass is 10.1. The van der Waals surface area contributed by atoms with E-state index in [1.54, 1.807) is 18.3 Å². The molecule has 4 aromatic rings. The number of ether oxygens (including phenoxy) is 1. The molecule has 0 fully saturated rings. The van der Waals surface area contributed by atoms with Crippen molar-refractivity contribution in [1.82, 2.24) is 10.4 Å². The monoisotopic (exact) mass is 389 g/mol. The van der Waals surface area contributed by atoms with Gasteiger partial charge in [0.05, 0.1) is 15.9 Å². The number of carbonyl (C=O) groups excluding carboxylic acids is 1. The Kier molecular flexibility index (Phi) is 5.04. The zero-order valence-electron chi connectivity index (χ0n) is 15.5. The van der Waals surface area contributed by atoms with Crippen molar-refractivity contribution in [3.05, 3.63) is 71.7 Å².